The van der Waals surface area contributed by atoms with Gasteiger partial charge >= 0.3 is 385 Å². The molecule has 0 amide bonds. The summed E-state index contributed by atoms with van der Waals surface area (Å²) in [7, 11) is 0. The minimum absolute atomic E-state index is 0. The Morgan fingerprint density at radius 3 is 1.44 bits per heavy atom. The summed E-state index contributed by atoms with van der Waals surface area (Å²) in [6.45, 7) is 28.5. The number of hydrogen-bond acceptors (Lipinski definition) is 0. The summed E-state index contributed by atoms with van der Waals surface area (Å²) < 4.78 is 5.16. The van der Waals surface area contributed by atoms with Gasteiger partial charge in [0, 0.05) is 0 Å². The van der Waals surface area contributed by atoms with Crippen LogP contribution < -0.4 is 28.1 Å². The van der Waals surface area contributed by atoms with Crippen LogP contribution in [0.3, 0.4) is 0 Å². The van der Waals surface area contributed by atoms with Crippen LogP contribution in [-0.2, 0) is 62.2 Å². The Hall–Kier alpha value is -3.87. The first kappa shape index (κ1) is 49.6. The number of rotatable bonds is 8. The molecule has 0 spiro atoms. The van der Waals surface area contributed by atoms with Crippen molar-refractivity contribution in [1.82, 2.24) is 0 Å². The maximum atomic E-state index is 2.65. The summed E-state index contributed by atoms with van der Waals surface area (Å²) in [5.74, 6) is 0. The van der Waals surface area contributed by atoms with Crippen molar-refractivity contribution >= 4 is 6.48 Å². The number of fused-ring (bicyclic) bond motifs is 3. The second-order valence-corrected chi connectivity index (χ2v) is 28.6. The van der Waals surface area contributed by atoms with Gasteiger partial charge in [-0.25, -0.2) is 0 Å². The first-order valence-corrected chi connectivity index (χ1v) is 26.7. The van der Waals surface area contributed by atoms with Crippen molar-refractivity contribution in [3.8, 4) is 33.4 Å². The van der Waals surface area contributed by atoms with Crippen molar-refractivity contribution in [1.29, 1.82) is 0 Å². The van der Waals surface area contributed by atoms with E-state index in [1.807, 2.05) is 0 Å². The summed E-state index contributed by atoms with van der Waals surface area (Å²) >= 11 is -2.96. The van der Waals surface area contributed by atoms with Crippen LogP contribution in [0.2, 0.25) is 0 Å². The van der Waals surface area contributed by atoms with Crippen molar-refractivity contribution in [2.45, 2.75) is 130 Å². The van der Waals surface area contributed by atoms with Gasteiger partial charge in [-0.15, -0.1) is 0 Å². The van der Waals surface area contributed by atoms with Crippen LogP contribution in [0.5, 0.6) is 0 Å². The standard InChI is InChI=1S/C41H49.C15H14.C5H5.2ClH.Zr/c1-38(2,3)30-17-13-26(14-18-30)34-22-28-21-29-23-35(27-15-19-31(20-16-27)39(4,5)6)37(41(10,11)12)25-33(29)32(28)24-36(34)40(7,8)9;1-3-8-14(9-4-1)12-7-13-15-10-5-2-6-11-15;1-2-4-5-3-1;;;/h13-20,22,24-25H,21H2,1-12H3;1-6,8-11H,12-13H2;1-3H,4H2;2*1H;/q;;;;;+2/p-2. The van der Waals surface area contributed by atoms with Gasteiger partial charge in [0.25, 0.3) is 0 Å². The van der Waals surface area contributed by atoms with Gasteiger partial charge in [0.2, 0.25) is 0 Å². The molecule has 330 valence electrons. The van der Waals surface area contributed by atoms with Gasteiger partial charge in [0.1, 0.15) is 0 Å². The van der Waals surface area contributed by atoms with E-state index in [1.165, 1.54) is 72.3 Å². The predicted octanol–water partition coefficient (Wildman–Crippen LogP) is 9.53. The molecular formula is C61H68Cl2Zr. The van der Waals surface area contributed by atoms with E-state index in [0.29, 0.717) is 0 Å². The van der Waals surface area contributed by atoms with Crippen LogP contribution in [-0.4, -0.2) is 3.21 Å². The summed E-state index contributed by atoms with van der Waals surface area (Å²) in [5, 5.41) is 0. The van der Waals surface area contributed by atoms with Crippen molar-refractivity contribution in [3.63, 3.8) is 0 Å². The molecule has 0 nitrogen and oxygen atoms in total. The van der Waals surface area contributed by atoms with Gasteiger partial charge in [0.15, 0.2) is 0 Å². The predicted molar refractivity (Wildman–Crippen MR) is 267 cm³/mol. The van der Waals surface area contributed by atoms with Crippen molar-refractivity contribution in [2.75, 3.05) is 0 Å². The Morgan fingerprint density at radius 2 is 0.984 bits per heavy atom. The van der Waals surface area contributed by atoms with Gasteiger partial charge in [-0.05, 0) is 0 Å². The quantitative estimate of drug-likeness (QED) is 0.143. The molecule has 2 aliphatic rings. The fourth-order valence-electron chi connectivity index (χ4n) is 9.81. The molecule has 0 unspecified atom stereocenters. The van der Waals surface area contributed by atoms with Crippen molar-refractivity contribution in [2.24, 2.45) is 0 Å². The van der Waals surface area contributed by atoms with Crippen LogP contribution in [0.4, 0.5) is 0 Å². The molecule has 0 radical (unpaired) electrons. The Kier molecular flexibility index (Phi) is 14.8. The molecule has 0 N–H and O–H groups in total. The molecule has 0 bridgehead atoms. The second kappa shape index (κ2) is 19.2. The molecule has 0 saturated heterocycles. The molecule has 0 saturated carbocycles. The summed E-state index contributed by atoms with van der Waals surface area (Å²) in [6.07, 6.45) is 11.3. The third-order valence-corrected chi connectivity index (χ3v) is 21.0. The number of halogens is 2. The van der Waals surface area contributed by atoms with E-state index < -0.39 is 21.3 Å². The summed E-state index contributed by atoms with van der Waals surface area (Å²) in [5.41, 5.74) is 20.1. The first-order valence-electron chi connectivity index (χ1n) is 23.0. The zero-order valence-electron chi connectivity index (χ0n) is 40.4. The third kappa shape index (κ3) is 10.4. The summed E-state index contributed by atoms with van der Waals surface area (Å²) in [4.78, 5) is 0. The molecule has 0 atom stereocenters. The topological polar surface area (TPSA) is 0 Å². The van der Waals surface area contributed by atoms with E-state index in [0.717, 1.165) is 25.7 Å². The number of allylic oxidation sites excluding steroid dienone is 4. The minimum Gasteiger partial charge on any atom is -1.00 e. The molecule has 0 aromatic heterocycles. The van der Waals surface area contributed by atoms with Crippen LogP contribution in [0.25, 0.3) is 33.4 Å². The normalized spacial score (nSPS) is 13.3. The fourth-order valence-corrected chi connectivity index (χ4v) is 18.5. The molecule has 3 heteroatoms. The van der Waals surface area contributed by atoms with E-state index in [2.05, 4.69) is 229 Å². The van der Waals surface area contributed by atoms with Gasteiger partial charge in [0.05, 0.1) is 0 Å². The van der Waals surface area contributed by atoms with Gasteiger partial charge in [-0.1, -0.05) is 0 Å². The fraction of sp³-hybridized carbons (Fsp3) is 0.328. The van der Waals surface area contributed by atoms with E-state index in [9.17, 15) is 0 Å². The average molecular weight is 963 g/mol. The second-order valence-electron chi connectivity index (χ2n) is 22.2. The largest absolute Gasteiger partial charge is 1.00 e. The molecule has 0 fully saturated rings. The number of hydrogen-bond donors (Lipinski definition) is 0. The Labute approximate surface area is 406 Å². The third-order valence-electron chi connectivity index (χ3n) is 13.3. The average Bonchev–Trinajstić information content (AvgIpc) is 3.88. The molecule has 2 aliphatic carbocycles. The van der Waals surface area contributed by atoms with Crippen LogP contribution in [0.1, 0.15) is 134 Å². The maximum Gasteiger partial charge on any atom is -1.00 e. The molecule has 0 heterocycles. The monoisotopic (exact) mass is 960 g/mol. The molecule has 8 rings (SSSR count). The zero-order chi connectivity index (χ0) is 44.2. The number of benzene rings is 6. The van der Waals surface area contributed by atoms with Gasteiger partial charge in [-0.2, -0.15) is 0 Å². The Morgan fingerprint density at radius 1 is 0.500 bits per heavy atom. The minimum atomic E-state index is -2.96. The van der Waals surface area contributed by atoms with E-state index in [1.54, 1.807) is 15.3 Å². The van der Waals surface area contributed by atoms with Crippen LogP contribution in [0, 0.1) is 0 Å². The summed E-state index contributed by atoms with van der Waals surface area (Å²) in [6, 6.07) is 49.8. The molecule has 6 aromatic rings. The van der Waals surface area contributed by atoms with E-state index in [4.69, 9.17) is 0 Å². The SMILES string of the molecule is CC(C)(C)c1ccc(-c2cc3c(cc2C(C)(C)C)-c2cc(C(C)(C)C)c(-c4ccc(C(C)(C)C)cc4)[c]([Zr+2]([C]4=CC=CC4)=[C](Cc4ccccc4)Cc4ccccc4)c2C3)cc1.[Cl-].[Cl-]. The van der Waals surface area contributed by atoms with Crippen molar-refractivity contribution < 1.29 is 46.1 Å². The van der Waals surface area contributed by atoms with Crippen LogP contribution >= 0.6 is 0 Å². The Bertz CT molecular complexity index is 2660. The maximum absolute atomic E-state index is 2.96. The molecule has 64 heavy (non-hydrogen) atoms. The first-order chi connectivity index (χ1) is 29.3. The molecule has 0 aliphatic heterocycles. The van der Waals surface area contributed by atoms with Gasteiger partial charge < -0.3 is 24.8 Å². The van der Waals surface area contributed by atoms with Crippen molar-refractivity contribution in [3.05, 3.63) is 193 Å². The van der Waals surface area contributed by atoms with E-state index in [-0.39, 0.29) is 46.5 Å². The Balaban J connectivity index is 0.00000340. The van der Waals surface area contributed by atoms with Crippen LogP contribution in [0.15, 0.2) is 149 Å². The molecule has 6 aromatic carbocycles. The molecular weight excluding hydrogens is 895 g/mol. The smallest absolute Gasteiger partial charge is 1.00 e. The van der Waals surface area contributed by atoms with Gasteiger partial charge in [-0.3, -0.25) is 0 Å². The zero-order valence-corrected chi connectivity index (χ0v) is 44.4. The van der Waals surface area contributed by atoms with E-state index >= 15 is 0 Å².